The number of para-hydroxylation sites is 1. The molecule has 0 spiro atoms. The average molecular weight is 557 g/mol. The van der Waals surface area contributed by atoms with Crippen molar-refractivity contribution in [3.63, 3.8) is 0 Å². The van der Waals surface area contributed by atoms with Crippen molar-refractivity contribution in [2.45, 2.75) is 0 Å². The van der Waals surface area contributed by atoms with Crippen LogP contribution in [-0.4, -0.2) is 67.1 Å². The van der Waals surface area contributed by atoms with Crippen LogP contribution in [0.4, 0.5) is 38.9 Å². The van der Waals surface area contributed by atoms with Gasteiger partial charge in [0.15, 0.2) is 0 Å². The van der Waals surface area contributed by atoms with E-state index in [0.717, 1.165) is 17.8 Å². The van der Waals surface area contributed by atoms with Crippen LogP contribution in [0, 0.1) is 5.82 Å². The predicted molar refractivity (Wildman–Crippen MR) is 162 cm³/mol. The van der Waals surface area contributed by atoms with Gasteiger partial charge in [0.2, 0.25) is 11.9 Å². The van der Waals surface area contributed by atoms with Gasteiger partial charge in [0.1, 0.15) is 17.4 Å². The van der Waals surface area contributed by atoms with Crippen molar-refractivity contribution >= 4 is 40.4 Å². The van der Waals surface area contributed by atoms with E-state index in [1.807, 2.05) is 38.2 Å². The van der Waals surface area contributed by atoms with Gasteiger partial charge in [-0.15, -0.1) is 0 Å². The summed E-state index contributed by atoms with van der Waals surface area (Å²) in [6.45, 7) is 5.09. The zero-order chi connectivity index (χ0) is 29.4. The molecule has 212 valence electrons. The third-order valence-corrected chi connectivity index (χ3v) is 6.19. The maximum absolute atomic E-state index is 14.5. The fraction of sp³-hybridized carbons (Fsp3) is 0.200. The number of likely N-dealkylation sites (N-methyl/N-ethyl adjacent to an activating group) is 2. The lowest BCUT2D eigenvalue weighted by atomic mass is 10.1. The molecule has 0 bridgehead atoms. The number of nitrogens with one attached hydrogen (secondary N) is 3. The molecular weight excluding hydrogens is 523 g/mol. The summed E-state index contributed by atoms with van der Waals surface area (Å²) in [6, 6.07) is 13.6. The second kappa shape index (κ2) is 13.4. The molecule has 0 aliphatic heterocycles. The zero-order valence-electron chi connectivity index (χ0n) is 23.5. The first-order valence-electron chi connectivity index (χ1n) is 12.9. The van der Waals surface area contributed by atoms with Gasteiger partial charge < -0.3 is 30.5 Å². The Bertz CT molecular complexity index is 1510. The van der Waals surface area contributed by atoms with E-state index in [1.165, 1.54) is 12.1 Å². The highest BCUT2D eigenvalue weighted by molar-refractivity contribution is 6.02. The Balaban J connectivity index is 1.74. The van der Waals surface area contributed by atoms with Crippen LogP contribution in [0.2, 0.25) is 0 Å². The van der Waals surface area contributed by atoms with E-state index in [-0.39, 0.29) is 17.5 Å². The van der Waals surface area contributed by atoms with E-state index in [1.54, 1.807) is 56.0 Å². The second-order valence-corrected chi connectivity index (χ2v) is 9.42. The van der Waals surface area contributed by atoms with Crippen molar-refractivity contribution in [2.24, 2.45) is 0 Å². The van der Waals surface area contributed by atoms with Crippen molar-refractivity contribution in [1.82, 2.24) is 19.9 Å². The van der Waals surface area contributed by atoms with Gasteiger partial charge in [-0.25, -0.2) is 9.37 Å². The summed E-state index contributed by atoms with van der Waals surface area (Å²) in [4.78, 5) is 29.7. The highest BCUT2D eigenvalue weighted by Crippen LogP contribution is 2.38. The Morgan fingerprint density at radius 2 is 1.83 bits per heavy atom. The molecule has 2 aromatic carbocycles. The number of aromatic nitrogens is 3. The largest absolute Gasteiger partial charge is 0.494 e. The number of carbonyl (C=O) groups excluding carboxylic acids is 1. The molecule has 4 rings (SSSR count). The Hall–Kier alpha value is -5.03. The molecule has 11 heteroatoms. The average Bonchev–Trinajstić information content (AvgIpc) is 2.97. The summed E-state index contributed by atoms with van der Waals surface area (Å²) in [5.74, 6) is 0.342. The molecule has 0 radical (unpaired) electrons. The van der Waals surface area contributed by atoms with Gasteiger partial charge in [-0.2, -0.15) is 4.98 Å². The SMILES string of the molecule is C=CC(=O)Nc1cc(Nc2ncc(-c3cccnc3)c(Nc3ccccc3F)n2)c(OC)cc1N(C)CCN(C)C. The maximum atomic E-state index is 14.5. The van der Waals surface area contributed by atoms with Gasteiger partial charge in [0.05, 0.1) is 29.9 Å². The van der Waals surface area contributed by atoms with Crippen LogP contribution in [0.1, 0.15) is 0 Å². The Morgan fingerprint density at radius 1 is 1.02 bits per heavy atom. The predicted octanol–water partition coefficient (Wildman–Crippen LogP) is 5.30. The van der Waals surface area contributed by atoms with Crippen molar-refractivity contribution in [3.05, 3.63) is 85.6 Å². The molecule has 2 aromatic heterocycles. The maximum Gasteiger partial charge on any atom is 0.247 e. The summed E-state index contributed by atoms with van der Waals surface area (Å²) in [5.41, 5.74) is 3.49. The monoisotopic (exact) mass is 556 g/mol. The molecular formula is C30H33FN8O2. The summed E-state index contributed by atoms with van der Waals surface area (Å²) < 4.78 is 20.2. The van der Waals surface area contributed by atoms with E-state index in [2.05, 4.69) is 42.4 Å². The standard InChI is InChI=1S/C30H33FN8O2/c1-6-28(40)34-24-16-25(27(41-5)17-26(24)39(4)15-14-38(2)3)36-30-33-19-21(20-10-9-13-32-18-20)29(37-30)35-23-12-8-7-11-22(23)31/h6-13,16-19H,1,14-15H2,2-5H3,(H,34,40)(H2,33,35,36,37). The molecule has 3 N–H and O–H groups in total. The van der Waals surface area contributed by atoms with Gasteiger partial charge >= 0.3 is 0 Å². The molecule has 4 aromatic rings. The van der Waals surface area contributed by atoms with E-state index >= 15 is 0 Å². The van der Waals surface area contributed by atoms with E-state index in [9.17, 15) is 9.18 Å². The van der Waals surface area contributed by atoms with Crippen LogP contribution in [0.3, 0.4) is 0 Å². The van der Waals surface area contributed by atoms with Crippen LogP contribution < -0.4 is 25.6 Å². The van der Waals surface area contributed by atoms with E-state index < -0.39 is 5.82 Å². The Morgan fingerprint density at radius 3 is 2.51 bits per heavy atom. The summed E-state index contributed by atoms with van der Waals surface area (Å²) >= 11 is 0. The van der Waals surface area contributed by atoms with Gasteiger partial charge in [0.25, 0.3) is 0 Å². The molecule has 1 amide bonds. The number of methoxy groups -OCH3 is 1. The summed E-state index contributed by atoms with van der Waals surface area (Å²) in [7, 11) is 7.49. The number of anilines is 6. The molecule has 0 aliphatic rings. The number of pyridine rings is 1. The lowest BCUT2D eigenvalue weighted by Crippen LogP contribution is -2.29. The van der Waals surface area contributed by atoms with Gasteiger partial charge in [-0.1, -0.05) is 24.8 Å². The van der Waals surface area contributed by atoms with Crippen molar-refractivity contribution in [3.8, 4) is 16.9 Å². The van der Waals surface area contributed by atoms with Crippen molar-refractivity contribution in [1.29, 1.82) is 0 Å². The van der Waals surface area contributed by atoms with Crippen LogP contribution in [0.5, 0.6) is 5.75 Å². The number of carbonyl (C=O) groups is 1. The zero-order valence-corrected chi connectivity index (χ0v) is 23.5. The smallest absolute Gasteiger partial charge is 0.247 e. The number of hydrogen-bond acceptors (Lipinski definition) is 9. The number of hydrogen-bond donors (Lipinski definition) is 3. The van der Waals surface area contributed by atoms with Crippen LogP contribution in [0.15, 0.2) is 79.8 Å². The molecule has 0 fully saturated rings. The number of amides is 1. The van der Waals surface area contributed by atoms with Crippen LogP contribution in [-0.2, 0) is 4.79 Å². The molecule has 0 unspecified atom stereocenters. The fourth-order valence-electron chi connectivity index (χ4n) is 3.99. The number of nitrogens with zero attached hydrogens (tertiary/aromatic N) is 5. The highest BCUT2D eigenvalue weighted by Gasteiger charge is 2.18. The summed E-state index contributed by atoms with van der Waals surface area (Å²) in [6.07, 6.45) is 6.19. The number of halogens is 1. The first-order valence-corrected chi connectivity index (χ1v) is 12.9. The van der Waals surface area contributed by atoms with Gasteiger partial charge in [0, 0.05) is 55.9 Å². The number of ether oxygens (including phenoxy) is 1. The molecule has 0 saturated heterocycles. The first-order chi connectivity index (χ1) is 19.8. The Kier molecular flexibility index (Phi) is 9.43. The van der Waals surface area contributed by atoms with E-state index in [0.29, 0.717) is 35.1 Å². The van der Waals surface area contributed by atoms with Crippen LogP contribution >= 0.6 is 0 Å². The third kappa shape index (κ3) is 7.34. The van der Waals surface area contributed by atoms with E-state index in [4.69, 9.17) is 4.74 Å². The third-order valence-electron chi connectivity index (χ3n) is 6.19. The second-order valence-electron chi connectivity index (χ2n) is 9.42. The van der Waals surface area contributed by atoms with Crippen molar-refractivity contribution in [2.75, 3.05) is 62.2 Å². The summed E-state index contributed by atoms with van der Waals surface area (Å²) in [5, 5.41) is 9.15. The van der Waals surface area contributed by atoms with Gasteiger partial charge in [-0.05, 0) is 44.4 Å². The quantitative estimate of drug-likeness (QED) is 0.201. The lowest BCUT2D eigenvalue weighted by molar-refractivity contribution is -0.111. The highest BCUT2D eigenvalue weighted by atomic mass is 19.1. The lowest BCUT2D eigenvalue weighted by Gasteiger charge is -2.26. The fourth-order valence-corrected chi connectivity index (χ4v) is 3.99. The number of benzene rings is 2. The van der Waals surface area contributed by atoms with Crippen molar-refractivity contribution < 1.29 is 13.9 Å². The molecule has 10 nitrogen and oxygen atoms in total. The molecule has 0 atom stereocenters. The normalized spacial score (nSPS) is 10.7. The number of rotatable bonds is 12. The molecule has 41 heavy (non-hydrogen) atoms. The Labute approximate surface area is 238 Å². The van der Waals surface area contributed by atoms with Gasteiger partial charge in [-0.3, -0.25) is 9.78 Å². The molecule has 2 heterocycles. The minimum atomic E-state index is -0.420. The van der Waals surface area contributed by atoms with Crippen LogP contribution in [0.25, 0.3) is 11.1 Å². The minimum absolute atomic E-state index is 0.226. The topological polar surface area (TPSA) is 108 Å². The minimum Gasteiger partial charge on any atom is -0.494 e. The molecule has 0 aliphatic carbocycles. The molecule has 0 saturated carbocycles. The first kappa shape index (κ1) is 29.0.